The van der Waals surface area contributed by atoms with E-state index in [0.717, 1.165) is 25.9 Å². The maximum absolute atomic E-state index is 12.7. The van der Waals surface area contributed by atoms with Gasteiger partial charge in [-0.05, 0) is 38.1 Å². The van der Waals surface area contributed by atoms with Crippen molar-refractivity contribution in [1.82, 2.24) is 9.62 Å². The van der Waals surface area contributed by atoms with Gasteiger partial charge in [0.15, 0.2) is 0 Å². The third-order valence-electron chi connectivity index (χ3n) is 3.62. The number of nitrogens with zero attached hydrogens (tertiary/aromatic N) is 1. The predicted octanol–water partition coefficient (Wildman–Crippen LogP) is 2.14. The van der Waals surface area contributed by atoms with Crippen LogP contribution in [0.3, 0.4) is 0 Å². The van der Waals surface area contributed by atoms with Crippen molar-refractivity contribution in [1.29, 1.82) is 0 Å². The number of rotatable bonds is 4. The standard InChI is InChI=1S/C13H19ClN2O3S.ClH/c1-16(10-5-7-15-8-6-10)20(17,18)13-9-11(19-2)3-4-12(13)14;/h3-4,9-10,15H,5-8H2,1-2H3;1H. The van der Waals surface area contributed by atoms with Crippen LogP contribution in [-0.4, -0.2) is 46.0 Å². The Kier molecular flexibility index (Phi) is 6.74. The molecule has 0 amide bonds. The number of hydrogen-bond acceptors (Lipinski definition) is 4. The molecule has 2 rings (SSSR count). The van der Waals surface area contributed by atoms with Crippen LogP contribution < -0.4 is 10.1 Å². The van der Waals surface area contributed by atoms with Crippen LogP contribution in [0.25, 0.3) is 0 Å². The Morgan fingerprint density at radius 3 is 2.52 bits per heavy atom. The number of piperidine rings is 1. The number of sulfonamides is 1. The molecule has 5 nitrogen and oxygen atoms in total. The second-order valence-corrected chi connectivity index (χ2v) is 7.17. The molecule has 8 heteroatoms. The minimum Gasteiger partial charge on any atom is -0.497 e. The van der Waals surface area contributed by atoms with Gasteiger partial charge in [0.1, 0.15) is 10.6 Å². The molecule has 1 aliphatic rings. The first-order valence-corrected chi connectivity index (χ1v) is 8.31. The van der Waals surface area contributed by atoms with E-state index in [4.69, 9.17) is 16.3 Å². The van der Waals surface area contributed by atoms with Gasteiger partial charge in [-0.2, -0.15) is 4.31 Å². The summed E-state index contributed by atoms with van der Waals surface area (Å²) in [5, 5.41) is 3.44. The molecule has 1 heterocycles. The summed E-state index contributed by atoms with van der Waals surface area (Å²) in [4.78, 5) is 0.0968. The fourth-order valence-electron chi connectivity index (χ4n) is 2.33. The highest BCUT2D eigenvalue weighted by molar-refractivity contribution is 7.89. The fraction of sp³-hybridized carbons (Fsp3) is 0.538. The molecule has 1 saturated heterocycles. The summed E-state index contributed by atoms with van der Waals surface area (Å²) in [7, 11) is -0.500. The Morgan fingerprint density at radius 1 is 1.33 bits per heavy atom. The van der Waals surface area contributed by atoms with Crippen molar-refractivity contribution in [3.05, 3.63) is 23.2 Å². The van der Waals surface area contributed by atoms with Gasteiger partial charge in [0, 0.05) is 19.2 Å². The lowest BCUT2D eigenvalue weighted by Crippen LogP contribution is -2.43. The maximum atomic E-state index is 12.7. The zero-order chi connectivity index (χ0) is 14.8. The van der Waals surface area contributed by atoms with Gasteiger partial charge in [0.25, 0.3) is 0 Å². The van der Waals surface area contributed by atoms with Crippen LogP contribution in [0.2, 0.25) is 5.02 Å². The Hall–Kier alpha value is -0.530. The lowest BCUT2D eigenvalue weighted by molar-refractivity contribution is 0.296. The molecule has 21 heavy (non-hydrogen) atoms. The number of methoxy groups -OCH3 is 1. The number of benzene rings is 1. The van der Waals surface area contributed by atoms with Crippen molar-refractivity contribution >= 4 is 34.0 Å². The Bertz CT molecular complexity index is 575. The van der Waals surface area contributed by atoms with E-state index in [9.17, 15) is 8.42 Å². The van der Waals surface area contributed by atoms with Gasteiger partial charge in [-0.1, -0.05) is 11.6 Å². The van der Waals surface area contributed by atoms with Gasteiger partial charge in [0.05, 0.1) is 12.1 Å². The van der Waals surface area contributed by atoms with E-state index >= 15 is 0 Å². The molecular weight excluding hydrogens is 335 g/mol. The molecule has 0 bridgehead atoms. The second-order valence-electron chi connectivity index (χ2n) is 4.80. The highest BCUT2D eigenvalue weighted by Gasteiger charge is 2.30. The summed E-state index contributed by atoms with van der Waals surface area (Å²) in [6.45, 7) is 1.66. The normalized spacial score (nSPS) is 16.6. The van der Waals surface area contributed by atoms with Gasteiger partial charge in [-0.25, -0.2) is 8.42 Å². The van der Waals surface area contributed by atoms with Gasteiger partial charge in [-0.3, -0.25) is 0 Å². The van der Waals surface area contributed by atoms with Crippen LogP contribution in [0.1, 0.15) is 12.8 Å². The lowest BCUT2D eigenvalue weighted by Gasteiger charge is -2.31. The van der Waals surface area contributed by atoms with Gasteiger partial charge in [-0.15, -0.1) is 12.4 Å². The van der Waals surface area contributed by atoms with E-state index in [1.54, 1.807) is 19.2 Å². The number of halogens is 2. The zero-order valence-corrected chi connectivity index (χ0v) is 14.4. The highest BCUT2D eigenvalue weighted by Crippen LogP contribution is 2.30. The summed E-state index contributed by atoms with van der Waals surface area (Å²) >= 11 is 6.05. The topological polar surface area (TPSA) is 58.6 Å². The molecule has 0 unspecified atom stereocenters. The second kappa shape index (κ2) is 7.65. The average molecular weight is 355 g/mol. The first-order valence-electron chi connectivity index (χ1n) is 6.49. The van der Waals surface area contributed by atoms with E-state index in [-0.39, 0.29) is 28.4 Å². The van der Waals surface area contributed by atoms with E-state index < -0.39 is 10.0 Å². The summed E-state index contributed by atoms with van der Waals surface area (Å²) in [6.07, 6.45) is 1.61. The number of nitrogens with one attached hydrogen (secondary N) is 1. The zero-order valence-electron chi connectivity index (χ0n) is 12.0. The van der Waals surface area contributed by atoms with Crippen LogP contribution in [-0.2, 0) is 10.0 Å². The van der Waals surface area contributed by atoms with Crippen LogP contribution in [0, 0.1) is 0 Å². The Balaban J connectivity index is 0.00000220. The van der Waals surface area contributed by atoms with E-state index in [1.807, 2.05) is 0 Å². The van der Waals surface area contributed by atoms with E-state index in [0.29, 0.717) is 5.75 Å². The van der Waals surface area contributed by atoms with Crippen molar-refractivity contribution in [2.75, 3.05) is 27.2 Å². The third kappa shape index (κ3) is 4.02. The fourth-order valence-corrected chi connectivity index (χ4v) is 4.23. The molecule has 0 saturated carbocycles. The SMILES string of the molecule is COc1ccc(Cl)c(S(=O)(=O)N(C)C2CCNCC2)c1.Cl. The molecule has 0 radical (unpaired) electrons. The van der Waals surface area contributed by atoms with E-state index in [2.05, 4.69) is 5.32 Å². The largest absolute Gasteiger partial charge is 0.497 e. The van der Waals surface area contributed by atoms with Crippen molar-refractivity contribution < 1.29 is 13.2 Å². The smallest absolute Gasteiger partial charge is 0.244 e. The molecule has 0 spiro atoms. The minimum absolute atomic E-state index is 0. The van der Waals surface area contributed by atoms with Crippen LogP contribution in [0.5, 0.6) is 5.75 Å². The van der Waals surface area contributed by atoms with Crippen LogP contribution in [0.4, 0.5) is 0 Å². The average Bonchev–Trinajstić information content (AvgIpc) is 2.47. The minimum atomic E-state index is -3.61. The number of hydrogen-bond donors (Lipinski definition) is 1. The van der Waals surface area contributed by atoms with Gasteiger partial charge < -0.3 is 10.1 Å². The molecule has 1 aromatic carbocycles. The Morgan fingerprint density at radius 2 is 1.95 bits per heavy atom. The molecule has 0 atom stereocenters. The van der Waals surface area contributed by atoms with Crippen molar-refractivity contribution in [3.63, 3.8) is 0 Å². The first kappa shape index (κ1) is 18.5. The van der Waals surface area contributed by atoms with Crippen molar-refractivity contribution in [3.8, 4) is 5.75 Å². The maximum Gasteiger partial charge on any atom is 0.244 e. The summed E-state index contributed by atoms with van der Waals surface area (Å²) in [6, 6.07) is 4.66. The summed E-state index contributed by atoms with van der Waals surface area (Å²) in [5.74, 6) is 0.478. The summed E-state index contributed by atoms with van der Waals surface area (Å²) < 4.78 is 31.9. The van der Waals surface area contributed by atoms with Crippen LogP contribution >= 0.6 is 24.0 Å². The molecular formula is C13H20Cl2N2O3S. The molecule has 1 aliphatic heterocycles. The van der Waals surface area contributed by atoms with Crippen molar-refractivity contribution in [2.45, 2.75) is 23.8 Å². The molecule has 1 N–H and O–H groups in total. The number of ether oxygens (including phenoxy) is 1. The predicted molar refractivity (Wildman–Crippen MR) is 86.1 cm³/mol. The quantitative estimate of drug-likeness (QED) is 0.899. The van der Waals surface area contributed by atoms with Gasteiger partial charge in [0.2, 0.25) is 10.0 Å². The molecule has 1 fully saturated rings. The first-order chi connectivity index (χ1) is 9.46. The van der Waals surface area contributed by atoms with Crippen LogP contribution in [0.15, 0.2) is 23.1 Å². The van der Waals surface area contributed by atoms with Gasteiger partial charge >= 0.3 is 0 Å². The summed E-state index contributed by atoms with van der Waals surface area (Å²) in [5.41, 5.74) is 0. The highest BCUT2D eigenvalue weighted by atomic mass is 35.5. The Labute approximate surface area is 137 Å². The molecule has 0 aromatic heterocycles. The van der Waals surface area contributed by atoms with Crippen molar-refractivity contribution in [2.24, 2.45) is 0 Å². The lowest BCUT2D eigenvalue weighted by atomic mass is 10.1. The third-order valence-corrected chi connectivity index (χ3v) is 6.01. The molecule has 0 aliphatic carbocycles. The molecule has 120 valence electrons. The van der Waals surface area contributed by atoms with E-state index in [1.165, 1.54) is 17.5 Å². The monoisotopic (exact) mass is 354 g/mol. The molecule has 1 aromatic rings.